The van der Waals surface area contributed by atoms with Gasteiger partial charge in [-0.2, -0.15) is 0 Å². The summed E-state index contributed by atoms with van der Waals surface area (Å²) in [6.45, 7) is 0.605. The number of halogens is 1. The SMILES string of the molecule is I.NC(=NCC1CCC=CO1)Nc1ccc2c(c1)CCC2. The molecule has 1 aromatic rings. The normalized spacial score (nSPS) is 20.4. The van der Waals surface area contributed by atoms with Gasteiger partial charge in [-0.15, -0.1) is 24.0 Å². The Morgan fingerprint density at radius 2 is 2.19 bits per heavy atom. The van der Waals surface area contributed by atoms with Gasteiger partial charge in [-0.25, -0.2) is 4.99 Å². The molecule has 1 aliphatic heterocycles. The molecule has 0 radical (unpaired) electrons. The Morgan fingerprint density at radius 1 is 1.33 bits per heavy atom. The first kappa shape index (κ1) is 16.1. The highest BCUT2D eigenvalue weighted by atomic mass is 127. The van der Waals surface area contributed by atoms with Crippen molar-refractivity contribution in [3.8, 4) is 0 Å². The summed E-state index contributed by atoms with van der Waals surface area (Å²) in [6.07, 6.45) is 9.63. The van der Waals surface area contributed by atoms with Gasteiger partial charge < -0.3 is 15.8 Å². The van der Waals surface area contributed by atoms with Crippen LogP contribution in [0.2, 0.25) is 0 Å². The number of ether oxygens (including phenoxy) is 1. The van der Waals surface area contributed by atoms with E-state index in [0.717, 1.165) is 18.5 Å². The fourth-order valence-corrected chi connectivity index (χ4v) is 2.76. The van der Waals surface area contributed by atoms with E-state index in [4.69, 9.17) is 10.5 Å². The minimum atomic E-state index is 0. The molecule has 0 fully saturated rings. The second kappa shape index (κ2) is 7.68. The lowest BCUT2D eigenvalue weighted by Gasteiger charge is -2.17. The minimum absolute atomic E-state index is 0. The summed E-state index contributed by atoms with van der Waals surface area (Å²) in [6, 6.07) is 6.45. The Labute approximate surface area is 142 Å². The number of aliphatic imine (C=N–C) groups is 1. The van der Waals surface area contributed by atoms with Gasteiger partial charge >= 0.3 is 0 Å². The quantitative estimate of drug-likeness (QED) is 0.466. The zero-order chi connectivity index (χ0) is 13.8. The van der Waals surface area contributed by atoms with Gasteiger partial charge in [0.2, 0.25) is 0 Å². The summed E-state index contributed by atoms with van der Waals surface area (Å²) >= 11 is 0. The average molecular weight is 399 g/mol. The smallest absolute Gasteiger partial charge is 0.193 e. The van der Waals surface area contributed by atoms with E-state index in [2.05, 4.69) is 28.5 Å². The maximum atomic E-state index is 5.93. The molecule has 0 spiro atoms. The number of anilines is 1. The van der Waals surface area contributed by atoms with Crippen molar-refractivity contribution < 1.29 is 4.74 Å². The van der Waals surface area contributed by atoms with Crippen molar-refractivity contribution in [2.75, 3.05) is 11.9 Å². The van der Waals surface area contributed by atoms with Crippen molar-refractivity contribution in [3.05, 3.63) is 41.7 Å². The molecule has 0 aromatic heterocycles. The second-order valence-electron chi connectivity index (χ2n) is 5.40. The van der Waals surface area contributed by atoms with Crippen LogP contribution in [-0.4, -0.2) is 18.6 Å². The van der Waals surface area contributed by atoms with Gasteiger partial charge in [-0.1, -0.05) is 6.07 Å². The number of hydrogen-bond donors (Lipinski definition) is 2. The summed E-state index contributed by atoms with van der Waals surface area (Å²) in [5, 5.41) is 3.17. The predicted octanol–water partition coefficient (Wildman–Crippen LogP) is 3.21. The van der Waals surface area contributed by atoms with Crippen molar-refractivity contribution in [3.63, 3.8) is 0 Å². The number of fused-ring (bicyclic) bond motifs is 1. The third-order valence-corrected chi connectivity index (χ3v) is 3.86. The number of aryl methyl sites for hydroxylation is 2. The van der Waals surface area contributed by atoms with Crippen molar-refractivity contribution in [1.82, 2.24) is 0 Å². The summed E-state index contributed by atoms with van der Waals surface area (Å²) in [7, 11) is 0. The number of nitrogens with zero attached hydrogens (tertiary/aromatic N) is 1. The molecule has 21 heavy (non-hydrogen) atoms. The van der Waals surface area contributed by atoms with Gasteiger partial charge in [0.05, 0.1) is 12.8 Å². The Morgan fingerprint density at radius 3 is 3.00 bits per heavy atom. The Hall–Kier alpha value is -1.24. The van der Waals surface area contributed by atoms with Crippen LogP contribution in [0, 0.1) is 0 Å². The molecule has 4 nitrogen and oxygen atoms in total. The van der Waals surface area contributed by atoms with E-state index in [-0.39, 0.29) is 30.1 Å². The molecular formula is C16H22IN3O. The van der Waals surface area contributed by atoms with Crippen LogP contribution in [0.5, 0.6) is 0 Å². The van der Waals surface area contributed by atoms with E-state index < -0.39 is 0 Å². The molecule has 3 N–H and O–H groups in total. The fourth-order valence-electron chi connectivity index (χ4n) is 2.76. The predicted molar refractivity (Wildman–Crippen MR) is 97.2 cm³/mol. The molecule has 1 heterocycles. The lowest BCUT2D eigenvalue weighted by Crippen LogP contribution is -2.25. The molecular weight excluding hydrogens is 377 g/mol. The highest BCUT2D eigenvalue weighted by molar-refractivity contribution is 14.0. The number of nitrogens with two attached hydrogens (primary N) is 1. The van der Waals surface area contributed by atoms with E-state index in [1.54, 1.807) is 6.26 Å². The van der Waals surface area contributed by atoms with E-state index >= 15 is 0 Å². The molecule has 0 saturated carbocycles. The zero-order valence-electron chi connectivity index (χ0n) is 12.0. The third-order valence-electron chi connectivity index (χ3n) is 3.86. The number of guanidine groups is 1. The number of allylic oxidation sites excluding steroid dienone is 1. The van der Waals surface area contributed by atoms with Gasteiger partial charge in [0.25, 0.3) is 0 Å². The van der Waals surface area contributed by atoms with Gasteiger partial charge in [0.1, 0.15) is 6.10 Å². The largest absolute Gasteiger partial charge is 0.496 e. The van der Waals surface area contributed by atoms with E-state index in [1.807, 2.05) is 6.08 Å². The molecule has 114 valence electrons. The van der Waals surface area contributed by atoms with Crippen LogP contribution in [0.3, 0.4) is 0 Å². The lowest BCUT2D eigenvalue weighted by molar-refractivity contribution is 0.131. The Balaban J connectivity index is 0.00000161. The molecule has 1 aliphatic carbocycles. The molecule has 1 unspecified atom stereocenters. The minimum Gasteiger partial charge on any atom is -0.496 e. The van der Waals surface area contributed by atoms with Gasteiger partial charge in [0, 0.05) is 5.69 Å². The van der Waals surface area contributed by atoms with Crippen molar-refractivity contribution in [1.29, 1.82) is 0 Å². The number of rotatable bonds is 3. The van der Waals surface area contributed by atoms with E-state index in [0.29, 0.717) is 12.5 Å². The summed E-state index contributed by atoms with van der Waals surface area (Å²) in [5.41, 5.74) is 9.86. The Bertz CT molecular complexity index is 542. The summed E-state index contributed by atoms with van der Waals surface area (Å²) in [5.74, 6) is 0.459. The topological polar surface area (TPSA) is 59.6 Å². The highest BCUT2D eigenvalue weighted by Gasteiger charge is 2.12. The first-order chi connectivity index (χ1) is 9.81. The van der Waals surface area contributed by atoms with Crippen LogP contribution in [0.15, 0.2) is 35.5 Å². The first-order valence-electron chi connectivity index (χ1n) is 7.30. The average Bonchev–Trinajstić information content (AvgIpc) is 2.94. The van der Waals surface area contributed by atoms with Crippen molar-refractivity contribution in [2.45, 2.75) is 38.2 Å². The van der Waals surface area contributed by atoms with Crippen molar-refractivity contribution >= 4 is 35.6 Å². The van der Waals surface area contributed by atoms with Gasteiger partial charge in [0.15, 0.2) is 5.96 Å². The molecule has 2 aliphatic rings. The van der Waals surface area contributed by atoms with Crippen molar-refractivity contribution in [2.24, 2.45) is 10.7 Å². The number of nitrogens with one attached hydrogen (secondary N) is 1. The molecule has 0 bridgehead atoms. The van der Waals surface area contributed by atoms with E-state index in [9.17, 15) is 0 Å². The van der Waals surface area contributed by atoms with Crippen LogP contribution in [0.1, 0.15) is 30.4 Å². The first-order valence-corrected chi connectivity index (χ1v) is 7.30. The summed E-state index contributed by atoms with van der Waals surface area (Å²) < 4.78 is 5.47. The third kappa shape index (κ3) is 4.36. The lowest BCUT2D eigenvalue weighted by atomic mass is 10.1. The van der Waals surface area contributed by atoms with E-state index in [1.165, 1.54) is 30.4 Å². The van der Waals surface area contributed by atoms with Crippen LogP contribution in [0.25, 0.3) is 0 Å². The molecule has 0 saturated heterocycles. The maximum Gasteiger partial charge on any atom is 0.193 e. The van der Waals surface area contributed by atoms with Crippen LogP contribution < -0.4 is 11.1 Å². The number of hydrogen-bond acceptors (Lipinski definition) is 2. The standard InChI is InChI=1S/C16H21N3O.HI/c17-16(18-11-15-6-1-2-9-20-15)19-14-8-7-12-4-3-5-13(12)10-14;/h2,7-10,15H,1,3-6,11H2,(H3,17,18,19);1H. The molecule has 3 rings (SSSR count). The summed E-state index contributed by atoms with van der Waals surface area (Å²) in [4.78, 5) is 4.36. The van der Waals surface area contributed by atoms with Crippen LogP contribution >= 0.6 is 24.0 Å². The monoisotopic (exact) mass is 399 g/mol. The molecule has 0 amide bonds. The highest BCUT2D eigenvalue weighted by Crippen LogP contribution is 2.24. The van der Waals surface area contributed by atoms with Crippen LogP contribution in [-0.2, 0) is 17.6 Å². The molecule has 1 atom stereocenters. The fraction of sp³-hybridized carbons (Fsp3) is 0.438. The maximum absolute atomic E-state index is 5.93. The molecule has 5 heteroatoms. The van der Waals surface area contributed by atoms with Gasteiger partial charge in [-0.3, -0.25) is 0 Å². The Kier molecular flexibility index (Phi) is 5.90. The van der Waals surface area contributed by atoms with Gasteiger partial charge in [-0.05, 0) is 61.4 Å². The molecule has 1 aromatic carbocycles. The zero-order valence-corrected chi connectivity index (χ0v) is 14.4. The second-order valence-corrected chi connectivity index (χ2v) is 5.40. The number of benzene rings is 1. The van der Waals surface area contributed by atoms with Crippen LogP contribution in [0.4, 0.5) is 5.69 Å².